The van der Waals surface area contributed by atoms with Crippen LogP contribution in [0.2, 0.25) is 0 Å². The minimum absolute atomic E-state index is 0.188. The number of hydrogen-bond acceptors (Lipinski definition) is 3. The van der Waals surface area contributed by atoms with Gasteiger partial charge in [-0.3, -0.25) is 9.69 Å². The molecule has 1 fully saturated rings. The summed E-state index contributed by atoms with van der Waals surface area (Å²) in [6, 6.07) is 0.479. The first-order valence-electron chi connectivity index (χ1n) is 6.09. The van der Waals surface area contributed by atoms with E-state index in [9.17, 15) is 9.90 Å². The van der Waals surface area contributed by atoms with Gasteiger partial charge in [-0.05, 0) is 26.3 Å². The van der Waals surface area contributed by atoms with Crippen molar-refractivity contribution in [1.82, 2.24) is 4.90 Å². The van der Waals surface area contributed by atoms with Crippen LogP contribution >= 0.6 is 0 Å². The fraction of sp³-hybridized carbons (Fsp3) is 0.917. The molecule has 1 N–H and O–H groups in total. The molecule has 0 bridgehead atoms. The van der Waals surface area contributed by atoms with Crippen molar-refractivity contribution < 1.29 is 14.6 Å². The van der Waals surface area contributed by atoms with Crippen LogP contribution in [0.3, 0.4) is 0 Å². The van der Waals surface area contributed by atoms with E-state index in [1.807, 2.05) is 0 Å². The number of rotatable bonds is 6. The fourth-order valence-corrected chi connectivity index (χ4v) is 2.84. The molecular formula is C12H23NO3. The predicted octanol–water partition coefficient (Wildman–Crippen LogP) is 1.60. The van der Waals surface area contributed by atoms with Crippen LogP contribution < -0.4 is 0 Å². The number of carboxylic acids is 1. The van der Waals surface area contributed by atoms with Gasteiger partial charge < -0.3 is 9.84 Å². The molecule has 94 valence electrons. The minimum atomic E-state index is -0.648. The molecule has 1 aliphatic rings. The van der Waals surface area contributed by atoms with Crippen LogP contribution in [0.5, 0.6) is 0 Å². The van der Waals surface area contributed by atoms with Crippen molar-refractivity contribution in [2.45, 2.75) is 45.2 Å². The normalized spacial score (nSPS) is 27.2. The van der Waals surface area contributed by atoms with E-state index in [4.69, 9.17) is 4.74 Å². The van der Waals surface area contributed by atoms with E-state index < -0.39 is 5.97 Å². The molecule has 4 nitrogen and oxygen atoms in total. The van der Waals surface area contributed by atoms with Crippen LogP contribution in [0.25, 0.3) is 0 Å². The van der Waals surface area contributed by atoms with Gasteiger partial charge in [0.05, 0.1) is 12.5 Å². The van der Waals surface area contributed by atoms with Gasteiger partial charge in [-0.25, -0.2) is 0 Å². The van der Waals surface area contributed by atoms with Crippen molar-refractivity contribution in [2.24, 2.45) is 5.92 Å². The summed E-state index contributed by atoms with van der Waals surface area (Å²) in [5, 5.41) is 9.18. The smallest absolute Gasteiger partial charge is 0.308 e. The van der Waals surface area contributed by atoms with Gasteiger partial charge >= 0.3 is 5.97 Å². The molecule has 4 heteroatoms. The Kier molecular flexibility index (Phi) is 5.22. The molecule has 0 heterocycles. The monoisotopic (exact) mass is 229 g/mol. The van der Waals surface area contributed by atoms with Gasteiger partial charge in [0.2, 0.25) is 0 Å². The zero-order valence-electron chi connectivity index (χ0n) is 10.5. The highest BCUT2D eigenvalue weighted by atomic mass is 16.5. The molecule has 1 saturated carbocycles. The average Bonchev–Trinajstić information content (AvgIpc) is 2.68. The molecule has 0 spiro atoms. The first-order valence-corrected chi connectivity index (χ1v) is 6.09. The number of ether oxygens (including phenoxy) is 1. The molecule has 3 unspecified atom stereocenters. The zero-order chi connectivity index (χ0) is 12.1. The zero-order valence-corrected chi connectivity index (χ0v) is 10.5. The SMILES string of the molecule is CCN(C(C)COC)C1CCCC1C(=O)O. The maximum absolute atomic E-state index is 11.2. The van der Waals surface area contributed by atoms with Crippen molar-refractivity contribution in [3.63, 3.8) is 0 Å². The Hall–Kier alpha value is -0.610. The summed E-state index contributed by atoms with van der Waals surface area (Å²) in [5.41, 5.74) is 0. The van der Waals surface area contributed by atoms with Crippen molar-refractivity contribution in [2.75, 3.05) is 20.3 Å². The number of methoxy groups -OCH3 is 1. The van der Waals surface area contributed by atoms with E-state index >= 15 is 0 Å². The van der Waals surface area contributed by atoms with Crippen LogP contribution in [0.15, 0.2) is 0 Å². The minimum Gasteiger partial charge on any atom is -0.481 e. The number of carboxylic acid groups (broad SMARTS) is 1. The molecule has 16 heavy (non-hydrogen) atoms. The number of hydrogen-bond donors (Lipinski definition) is 1. The van der Waals surface area contributed by atoms with E-state index in [-0.39, 0.29) is 12.0 Å². The predicted molar refractivity (Wildman–Crippen MR) is 62.5 cm³/mol. The lowest BCUT2D eigenvalue weighted by molar-refractivity contribution is -0.143. The van der Waals surface area contributed by atoms with E-state index in [1.54, 1.807) is 7.11 Å². The summed E-state index contributed by atoms with van der Waals surface area (Å²) in [4.78, 5) is 13.4. The molecule has 0 aromatic heterocycles. The lowest BCUT2D eigenvalue weighted by Crippen LogP contribution is -2.47. The van der Waals surface area contributed by atoms with Crippen molar-refractivity contribution in [1.29, 1.82) is 0 Å². The summed E-state index contributed by atoms with van der Waals surface area (Å²) in [6.45, 7) is 5.74. The summed E-state index contributed by atoms with van der Waals surface area (Å²) in [7, 11) is 1.69. The van der Waals surface area contributed by atoms with E-state index in [0.29, 0.717) is 12.6 Å². The molecule has 1 rings (SSSR count). The lowest BCUT2D eigenvalue weighted by Gasteiger charge is -2.35. The number of carbonyl (C=O) groups is 1. The molecule has 0 saturated heterocycles. The Morgan fingerprint density at radius 2 is 2.25 bits per heavy atom. The largest absolute Gasteiger partial charge is 0.481 e. The second kappa shape index (κ2) is 6.21. The van der Waals surface area contributed by atoms with Crippen molar-refractivity contribution in [3.05, 3.63) is 0 Å². The summed E-state index contributed by atoms with van der Waals surface area (Å²) in [5.74, 6) is -0.843. The highest BCUT2D eigenvalue weighted by Crippen LogP contribution is 2.31. The third kappa shape index (κ3) is 2.95. The molecule has 0 aromatic carbocycles. The highest BCUT2D eigenvalue weighted by Gasteiger charge is 2.37. The fourth-order valence-electron chi connectivity index (χ4n) is 2.84. The summed E-state index contributed by atoms with van der Waals surface area (Å²) >= 11 is 0. The Bertz CT molecular complexity index is 232. The second-order valence-corrected chi connectivity index (χ2v) is 4.58. The molecule has 1 aliphatic carbocycles. The van der Waals surface area contributed by atoms with Crippen molar-refractivity contribution >= 4 is 5.97 Å². The average molecular weight is 229 g/mol. The first-order chi connectivity index (χ1) is 7.61. The Morgan fingerprint density at radius 3 is 2.75 bits per heavy atom. The third-order valence-electron chi connectivity index (χ3n) is 3.56. The van der Waals surface area contributed by atoms with Gasteiger partial charge in [-0.1, -0.05) is 13.3 Å². The van der Waals surface area contributed by atoms with Gasteiger partial charge in [0.25, 0.3) is 0 Å². The van der Waals surface area contributed by atoms with Gasteiger partial charge in [-0.2, -0.15) is 0 Å². The molecular weight excluding hydrogens is 206 g/mol. The van der Waals surface area contributed by atoms with Crippen LogP contribution in [0, 0.1) is 5.92 Å². The van der Waals surface area contributed by atoms with Crippen LogP contribution in [-0.4, -0.2) is 48.3 Å². The quantitative estimate of drug-likeness (QED) is 0.751. The van der Waals surface area contributed by atoms with Crippen molar-refractivity contribution in [3.8, 4) is 0 Å². The van der Waals surface area contributed by atoms with E-state index in [0.717, 1.165) is 25.8 Å². The van der Waals surface area contributed by atoms with E-state index in [1.165, 1.54) is 0 Å². The van der Waals surface area contributed by atoms with Gasteiger partial charge in [0.1, 0.15) is 0 Å². The molecule has 0 aliphatic heterocycles. The maximum Gasteiger partial charge on any atom is 0.308 e. The first kappa shape index (κ1) is 13.5. The summed E-state index contributed by atoms with van der Waals surface area (Å²) < 4.78 is 5.15. The van der Waals surface area contributed by atoms with Gasteiger partial charge in [0, 0.05) is 19.2 Å². The van der Waals surface area contributed by atoms with Gasteiger partial charge in [-0.15, -0.1) is 0 Å². The maximum atomic E-state index is 11.2. The lowest BCUT2D eigenvalue weighted by atomic mass is 10.0. The molecule has 0 radical (unpaired) electrons. The van der Waals surface area contributed by atoms with Crippen LogP contribution in [0.4, 0.5) is 0 Å². The Balaban J connectivity index is 2.67. The second-order valence-electron chi connectivity index (χ2n) is 4.58. The number of likely N-dealkylation sites (N-methyl/N-ethyl adjacent to an activating group) is 1. The molecule has 0 amide bonds. The van der Waals surface area contributed by atoms with E-state index in [2.05, 4.69) is 18.7 Å². The van der Waals surface area contributed by atoms with Crippen LogP contribution in [-0.2, 0) is 9.53 Å². The highest BCUT2D eigenvalue weighted by molar-refractivity contribution is 5.71. The van der Waals surface area contributed by atoms with Crippen LogP contribution in [0.1, 0.15) is 33.1 Å². The number of nitrogens with zero attached hydrogens (tertiary/aromatic N) is 1. The standard InChI is InChI=1S/C12H23NO3/c1-4-13(9(2)8-16-3)11-7-5-6-10(11)12(14)15/h9-11H,4-8H2,1-3H3,(H,14,15). The molecule has 3 atom stereocenters. The Labute approximate surface area is 97.6 Å². The molecule has 0 aromatic rings. The number of aliphatic carboxylic acids is 1. The van der Waals surface area contributed by atoms with Gasteiger partial charge in [0.15, 0.2) is 0 Å². The Morgan fingerprint density at radius 1 is 1.56 bits per heavy atom. The third-order valence-corrected chi connectivity index (χ3v) is 3.56. The topological polar surface area (TPSA) is 49.8 Å². The summed E-state index contributed by atoms with van der Waals surface area (Å²) in [6.07, 6.45) is 2.84.